The number of aromatic amines is 1. The molecule has 1 aliphatic heterocycles. The molecule has 0 radical (unpaired) electrons. The van der Waals surface area contributed by atoms with E-state index in [4.69, 9.17) is 0 Å². The van der Waals surface area contributed by atoms with Gasteiger partial charge in [-0.05, 0) is 42.7 Å². The number of amides is 2. The Kier molecular flexibility index (Phi) is 4.51. The first-order valence-corrected chi connectivity index (χ1v) is 9.81. The first kappa shape index (κ1) is 18.1. The van der Waals surface area contributed by atoms with Crippen molar-refractivity contribution in [1.29, 1.82) is 0 Å². The van der Waals surface area contributed by atoms with Crippen LogP contribution in [0.25, 0.3) is 22.3 Å². The number of hydrogen-bond acceptors (Lipinski definition) is 4. The van der Waals surface area contributed by atoms with Gasteiger partial charge < -0.3 is 19.8 Å². The van der Waals surface area contributed by atoms with E-state index >= 15 is 0 Å². The molecule has 8 heteroatoms. The number of anilines is 1. The van der Waals surface area contributed by atoms with Crippen LogP contribution in [-0.4, -0.2) is 48.5 Å². The standard InChI is InChI=1S/C22H21N7O/c1-15-12-24-21-19(15)20(25-13-26-21)16-5-8-28(9-6-16)22(30)27-17-3-2-4-18(11-17)29-10-7-23-14-29/h2-5,7,10-14H,6,8-9H2,1H3,(H,27,30)(H,24,25,26). The van der Waals surface area contributed by atoms with Crippen molar-refractivity contribution in [2.45, 2.75) is 13.3 Å². The molecule has 2 amide bonds. The minimum atomic E-state index is -0.112. The van der Waals surface area contributed by atoms with Gasteiger partial charge in [-0.2, -0.15) is 0 Å². The summed E-state index contributed by atoms with van der Waals surface area (Å²) in [4.78, 5) is 30.6. The van der Waals surface area contributed by atoms with Crippen LogP contribution in [-0.2, 0) is 0 Å². The van der Waals surface area contributed by atoms with Crippen molar-refractivity contribution in [3.8, 4) is 5.69 Å². The number of carbonyl (C=O) groups is 1. The third-order valence-electron chi connectivity index (χ3n) is 5.37. The summed E-state index contributed by atoms with van der Waals surface area (Å²) >= 11 is 0. The molecule has 4 aromatic rings. The Morgan fingerprint density at radius 1 is 1.27 bits per heavy atom. The van der Waals surface area contributed by atoms with Gasteiger partial charge in [-0.3, -0.25) is 0 Å². The van der Waals surface area contributed by atoms with E-state index in [1.807, 2.05) is 48.1 Å². The van der Waals surface area contributed by atoms with Gasteiger partial charge in [0.25, 0.3) is 0 Å². The number of imidazole rings is 1. The van der Waals surface area contributed by atoms with E-state index in [9.17, 15) is 4.79 Å². The van der Waals surface area contributed by atoms with Gasteiger partial charge in [-0.15, -0.1) is 0 Å². The molecule has 0 saturated carbocycles. The summed E-state index contributed by atoms with van der Waals surface area (Å²) in [5.74, 6) is 0. The maximum absolute atomic E-state index is 12.8. The van der Waals surface area contributed by atoms with Crippen molar-refractivity contribution in [2.75, 3.05) is 18.4 Å². The third-order valence-corrected chi connectivity index (χ3v) is 5.37. The van der Waals surface area contributed by atoms with Crippen LogP contribution in [0, 0.1) is 6.92 Å². The predicted molar refractivity (Wildman–Crippen MR) is 115 cm³/mol. The zero-order valence-corrected chi connectivity index (χ0v) is 16.5. The summed E-state index contributed by atoms with van der Waals surface area (Å²) in [5, 5.41) is 4.05. The highest BCUT2D eigenvalue weighted by Gasteiger charge is 2.21. The van der Waals surface area contributed by atoms with Gasteiger partial charge in [0.15, 0.2) is 0 Å². The first-order valence-electron chi connectivity index (χ1n) is 9.81. The second-order valence-corrected chi connectivity index (χ2v) is 7.29. The normalized spacial score (nSPS) is 14.0. The summed E-state index contributed by atoms with van der Waals surface area (Å²) < 4.78 is 1.90. The molecule has 0 fully saturated rings. The van der Waals surface area contributed by atoms with Crippen molar-refractivity contribution in [3.63, 3.8) is 0 Å². The fourth-order valence-corrected chi connectivity index (χ4v) is 3.79. The van der Waals surface area contributed by atoms with E-state index in [1.54, 1.807) is 23.8 Å². The molecule has 5 rings (SSSR count). The molecule has 0 saturated heterocycles. The van der Waals surface area contributed by atoms with Crippen molar-refractivity contribution < 1.29 is 4.79 Å². The second kappa shape index (κ2) is 7.47. The smallest absolute Gasteiger partial charge is 0.322 e. The zero-order chi connectivity index (χ0) is 20.5. The maximum Gasteiger partial charge on any atom is 0.322 e. The van der Waals surface area contributed by atoms with Crippen LogP contribution >= 0.6 is 0 Å². The van der Waals surface area contributed by atoms with E-state index in [1.165, 1.54) is 0 Å². The number of rotatable bonds is 3. The van der Waals surface area contributed by atoms with Crippen LogP contribution in [0.3, 0.4) is 0 Å². The number of carbonyl (C=O) groups excluding carboxylic acids is 1. The topological polar surface area (TPSA) is 91.7 Å². The number of nitrogens with one attached hydrogen (secondary N) is 2. The molecule has 0 bridgehead atoms. The molecule has 30 heavy (non-hydrogen) atoms. The van der Waals surface area contributed by atoms with E-state index in [0.717, 1.165) is 45.7 Å². The molecule has 0 spiro atoms. The summed E-state index contributed by atoms with van der Waals surface area (Å²) in [6, 6.07) is 7.59. The molecule has 150 valence electrons. The number of aryl methyl sites for hydroxylation is 1. The summed E-state index contributed by atoms with van der Waals surface area (Å²) in [5.41, 5.74) is 5.76. The maximum atomic E-state index is 12.8. The summed E-state index contributed by atoms with van der Waals surface area (Å²) in [6.45, 7) is 3.22. The van der Waals surface area contributed by atoms with Crippen molar-refractivity contribution in [1.82, 2.24) is 29.4 Å². The number of hydrogen-bond donors (Lipinski definition) is 2. The highest BCUT2D eigenvalue weighted by molar-refractivity contribution is 5.93. The van der Waals surface area contributed by atoms with Crippen molar-refractivity contribution in [3.05, 3.63) is 72.8 Å². The second-order valence-electron chi connectivity index (χ2n) is 7.29. The number of benzene rings is 1. The zero-order valence-electron chi connectivity index (χ0n) is 16.5. The van der Waals surface area contributed by atoms with Crippen LogP contribution in [0.15, 0.2) is 61.6 Å². The van der Waals surface area contributed by atoms with Gasteiger partial charge >= 0.3 is 6.03 Å². The number of H-pyrrole nitrogens is 1. The van der Waals surface area contributed by atoms with E-state index in [2.05, 4.69) is 31.3 Å². The molecule has 3 aromatic heterocycles. The molecular weight excluding hydrogens is 378 g/mol. The minimum absolute atomic E-state index is 0.112. The van der Waals surface area contributed by atoms with Crippen LogP contribution in [0.2, 0.25) is 0 Å². The largest absolute Gasteiger partial charge is 0.346 e. The fraction of sp³-hybridized carbons (Fsp3) is 0.182. The molecule has 1 aliphatic rings. The molecule has 0 aliphatic carbocycles. The van der Waals surface area contributed by atoms with Gasteiger partial charge in [0.05, 0.1) is 12.0 Å². The Hall–Kier alpha value is -3.94. The van der Waals surface area contributed by atoms with Crippen LogP contribution < -0.4 is 5.32 Å². The number of aromatic nitrogens is 5. The Balaban J connectivity index is 1.31. The highest BCUT2D eigenvalue weighted by Crippen LogP contribution is 2.28. The lowest BCUT2D eigenvalue weighted by Crippen LogP contribution is -2.38. The Morgan fingerprint density at radius 3 is 3.00 bits per heavy atom. The van der Waals surface area contributed by atoms with E-state index in [0.29, 0.717) is 13.1 Å². The Bertz CT molecular complexity index is 1240. The van der Waals surface area contributed by atoms with Crippen molar-refractivity contribution >= 4 is 28.3 Å². The molecule has 8 nitrogen and oxygen atoms in total. The number of fused-ring (bicyclic) bond motifs is 1. The van der Waals surface area contributed by atoms with E-state index in [-0.39, 0.29) is 6.03 Å². The van der Waals surface area contributed by atoms with Crippen LogP contribution in [0.4, 0.5) is 10.5 Å². The molecule has 0 unspecified atom stereocenters. The van der Waals surface area contributed by atoms with Gasteiger partial charge in [0, 0.05) is 48.4 Å². The quantitative estimate of drug-likeness (QED) is 0.548. The SMILES string of the molecule is Cc1c[nH]c2ncnc(C3=CCN(C(=O)Nc4cccc(-n5ccnc5)c4)CC3)c12. The van der Waals surface area contributed by atoms with Crippen LogP contribution in [0.5, 0.6) is 0 Å². The lowest BCUT2D eigenvalue weighted by Gasteiger charge is -2.26. The monoisotopic (exact) mass is 399 g/mol. The summed E-state index contributed by atoms with van der Waals surface area (Å²) in [6.07, 6.45) is 11.7. The number of nitrogens with zero attached hydrogens (tertiary/aromatic N) is 5. The average Bonchev–Trinajstić information content (AvgIpc) is 3.45. The first-order chi connectivity index (χ1) is 14.7. The van der Waals surface area contributed by atoms with Crippen LogP contribution in [0.1, 0.15) is 17.7 Å². The van der Waals surface area contributed by atoms with Gasteiger partial charge in [0.2, 0.25) is 0 Å². The summed E-state index contributed by atoms with van der Waals surface area (Å²) in [7, 11) is 0. The molecule has 0 atom stereocenters. The predicted octanol–water partition coefficient (Wildman–Crippen LogP) is 3.77. The minimum Gasteiger partial charge on any atom is -0.346 e. The van der Waals surface area contributed by atoms with Crippen molar-refractivity contribution in [2.24, 2.45) is 0 Å². The van der Waals surface area contributed by atoms with Gasteiger partial charge in [-0.1, -0.05) is 12.1 Å². The highest BCUT2D eigenvalue weighted by atomic mass is 16.2. The molecule has 2 N–H and O–H groups in total. The third kappa shape index (κ3) is 3.32. The average molecular weight is 399 g/mol. The number of urea groups is 1. The van der Waals surface area contributed by atoms with E-state index < -0.39 is 0 Å². The molecule has 1 aromatic carbocycles. The fourth-order valence-electron chi connectivity index (χ4n) is 3.79. The molecular formula is C22H21N7O. The lowest BCUT2D eigenvalue weighted by atomic mass is 10.0. The molecule has 4 heterocycles. The lowest BCUT2D eigenvalue weighted by molar-refractivity contribution is 0.217. The Morgan fingerprint density at radius 2 is 2.20 bits per heavy atom. The Labute approximate surface area is 173 Å². The van der Waals surface area contributed by atoms with Gasteiger partial charge in [0.1, 0.15) is 12.0 Å². The van der Waals surface area contributed by atoms with Gasteiger partial charge in [-0.25, -0.2) is 19.7 Å².